The van der Waals surface area contributed by atoms with Crippen molar-refractivity contribution in [1.29, 1.82) is 0 Å². The third-order valence-corrected chi connectivity index (χ3v) is 9.00. The van der Waals surface area contributed by atoms with Gasteiger partial charge in [0.15, 0.2) is 11.5 Å². The smallest absolute Gasteiger partial charge is 0.326 e. The van der Waals surface area contributed by atoms with Gasteiger partial charge >= 0.3 is 5.97 Å². The predicted molar refractivity (Wildman–Crippen MR) is 137 cm³/mol. The monoisotopic (exact) mass is 530 g/mol. The van der Waals surface area contributed by atoms with E-state index in [9.17, 15) is 23.1 Å². The molecule has 3 aromatic rings. The summed E-state index contributed by atoms with van der Waals surface area (Å²) < 4.78 is 38.2. The third-order valence-electron chi connectivity index (χ3n) is 5.97. The standard InChI is InChI=1S/C25H26N2O7S2/c1-33-22-10-9-19(13-23(22)34-2)36(31,32)27-15-35-14-21(27)24(28)26-20(25(29)30)12-16-7-8-17-5-3-4-6-18(17)11-16/h3-11,13,20-21H,12,14-15H2,1-2H3,(H,26,28)(H,29,30)/t20-,21-/m0/s1. The van der Waals surface area contributed by atoms with Crippen molar-refractivity contribution < 1.29 is 32.6 Å². The zero-order chi connectivity index (χ0) is 25.9. The van der Waals surface area contributed by atoms with Crippen LogP contribution >= 0.6 is 11.8 Å². The average molecular weight is 531 g/mol. The molecule has 190 valence electrons. The molecule has 9 nitrogen and oxygen atoms in total. The summed E-state index contributed by atoms with van der Waals surface area (Å²) in [6.07, 6.45) is 0.0637. The molecule has 0 unspecified atom stereocenters. The number of fused-ring (bicyclic) bond motifs is 1. The van der Waals surface area contributed by atoms with Crippen LogP contribution in [0.5, 0.6) is 11.5 Å². The van der Waals surface area contributed by atoms with Crippen molar-refractivity contribution in [3.8, 4) is 11.5 Å². The van der Waals surface area contributed by atoms with E-state index in [0.717, 1.165) is 20.6 Å². The Morgan fingerprint density at radius 1 is 1.06 bits per heavy atom. The Morgan fingerprint density at radius 2 is 1.78 bits per heavy atom. The van der Waals surface area contributed by atoms with Crippen molar-refractivity contribution in [2.75, 3.05) is 25.8 Å². The molecule has 1 heterocycles. The van der Waals surface area contributed by atoms with Crippen molar-refractivity contribution in [3.63, 3.8) is 0 Å². The summed E-state index contributed by atoms with van der Waals surface area (Å²) in [4.78, 5) is 25.1. The SMILES string of the molecule is COc1ccc(S(=O)(=O)N2CSC[C@H]2C(=O)N[C@@H](Cc2ccc3ccccc3c2)C(=O)O)cc1OC. The number of carbonyl (C=O) groups excluding carboxylic acids is 1. The number of nitrogens with zero attached hydrogens (tertiary/aromatic N) is 1. The van der Waals surface area contributed by atoms with Crippen LogP contribution in [0.15, 0.2) is 65.6 Å². The predicted octanol–water partition coefficient (Wildman–Crippen LogP) is 2.73. The average Bonchev–Trinajstić information content (AvgIpc) is 3.39. The van der Waals surface area contributed by atoms with Crippen molar-refractivity contribution in [2.24, 2.45) is 0 Å². The van der Waals surface area contributed by atoms with Gasteiger partial charge < -0.3 is 19.9 Å². The fourth-order valence-corrected chi connectivity index (χ4v) is 7.22. The second-order valence-electron chi connectivity index (χ2n) is 8.21. The molecule has 2 atom stereocenters. The highest BCUT2D eigenvalue weighted by atomic mass is 32.2. The van der Waals surface area contributed by atoms with Gasteiger partial charge in [-0.25, -0.2) is 13.2 Å². The fourth-order valence-electron chi connectivity index (χ4n) is 4.05. The second kappa shape index (κ2) is 10.8. The molecule has 1 fully saturated rings. The Labute approximate surface area is 213 Å². The van der Waals surface area contributed by atoms with Crippen molar-refractivity contribution in [3.05, 3.63) is 66.2 Å². The van der Waals surface area contributed by atoms with Gasteiger partial charge in [-0.15, -0.1) is 11.8 Å². The summed E-state index contributed by atoms with van der Waals surface area (Å²) in [5.41, 5.74) is 0.747. The van der Waals surface area contributed by atoms with Crippen LogP contribution in [0.25, 0.3) is 10.8 Å². The highest BCUT2D eigenvalue weighted by Gasteiger charge is 2.41. The Bertz CT molecular complexity index is 1390. The van der Waals surface area contributed by atoms with E-state index < -0.39 is 34.0 Å². The Balaban J connectivity index is 1.53. The van der Waals surface area contributed by atoms with E-state index in [2.05, 4.69) is 5.32 Å². The van der Waals surface area contributed by atoms with Crippen molar-refractivity contribution in [2.45, 2.75) is 23.4 Å². The lowest BCUT2D eigenvalue weighted by Crippen LogP contribution is -2.52. The largest absolute Gasteiger partial charge is 0.493 e. The van der Waals surface area contributed by atoms with Gasteiger partial charge in [0, 0.05) is 18.2 Å². The van der Waals surface area contributed by atoms with Crippen molar-refractivity contribution in [1.82, 2.24) is 9.62 Å². The molecule has 0 bridgehead atoms. The second-order valence-corrected chi connectivity index (χ2v) is 11.1. The number of methoxy groups -OCH3 is 2. The first-order chi connectivity index (χ1) is 17.2. The molecule has 0 aliphatic carbocycles. The first-order valence-corrected chi connectivity index (χ1v) is 13.7. The highest BCUT2D eigenvalue weighted by Crippen LogP contribution is 2.34. The van der Waals surface area contributed by atoms with E-state index >= 15 is 0 Å². The molecule has 0 spiro atoms. The molecule has 1 saturated heterocycles. The van der Waals surface area contributed by atoms with Gasteiger partial charge in [-0.05, 0) is 28.5 Å². The van der Waals surface area contributed by atoms with Crippen LogP contribution in [0, 0.1) is 0 Å². The molecule has 0 aromatic heterocycles. The molecular weight excluding hydrogens is 504 g/mol. The lowest BCUT2D eigenvalue weighted by molar-refractivity contribution is -0.142. The molecule has 1 aliphatic heterocycles. The van der Waals surface area contributed by atoms with Gasteiger partial charge in [0.05, 0.1) is 25.0 Å². The molecule has 0 radical (unpaired) electrons. The van der Waals surface area contributed by atoms with Gasteiger partial charge in [0.2, 0.25) is 15.9 Å². The van der Waals surface area contributed by atoms with Gasteiger partial charge in [-0.3, -0.25) is 4.79 Å². The summed E-state index contributed by atoms with van der Waals surface area (Å²) in [5.74, 6) is -0.960. The van der Waals surface area contributed by atoms with Crippen LogP contribution in [-0.2, 0) is 26.0 Å². The normalized spacial score (nSPS) is 17.0. The molecule has 2 N–H and O–H groups in total. The van der Waals surface area contributed by atoms with Crippen LogP contribution < -0.4 is 14.8 Å². The molecule has 1 aliphatic rings. The Hall–Kier alpha value is -3.28. The van der Waals surface area contributed by atoms with Crippen LogP contribution in [-0.4, -0.2) is 67.6 Å². The minimum absolute atomic E-state index is 0.0496. The Kier molecular flexibility index (Phi) is 7.72. The number of carboxylic acids is 1. The van der Waals surface area contributed by atoms with Crippen LogP contribution in [0.3, 0.4) is 0 Å². The van der Waals surface area contributed by atoms with Gasteiger partial charge in [0.25, 0.3) is 0 Å². The summed E-state index contributed by atoms with van der Waals surface area (Å²) in [6, 6.07) is 15.3. The van der Waals surface area contributed by atoms with E-state index in [1.165, 1.54) is 44.2 Å². The first-order valence-electron chi connectivity index (χ1n) is 11.1. The Morgan fingerprint density at radius 3 is 2.47 bits per heavy atom. The van der Waals surface area contributed by atoms with Gasteiger partial charge in [-0.2, -0.15) is 4.31 Å². The maximum absolute atomic E-state index is 13.4. The third kappa shape index (κ3) is 5.28. The number of aliphatic carboxylic acids is 1. The molecule has 36 heavy (non-hydrogen) atoms. The minimum Gasteiger partial charge on any atom is -0.493 e. The number of ether oxygens (including phenoxy) is 2. The number of carboxylic acid groups (broad SMARTS) is 1. The highest BCUT2D eigenvalue weighted by molar-refractivity contribution is 8.00. The van der Waals surface area contributed by atoms with E-state index in [-0.39, 0.29) is 28.7 Å². The zero-order valence-corrected chi connectivity index (χ0v) is 21.3. The maximum atomic E-state index is 13.4. The topological polar surface area (TPSA) is 122 Å². The number of sulfonamides is 1. The van der Waals surface area contributed by atoms with E-state index in [1.54, 1.807) is 0 Å². The lowest BCUT2D eigenvalue weighted by Gasteiger charge is -2.24. The number of hydrogen-bond donors (Lipinski definition) is 2. The van der Waals surface area contributed by atoms with Crippen LogP contribution in [0.2, 0.25) is 0 Å². The summed E-state index contributed by atoms with van der Waals surface area (Å²) in [7, 11) is -1.22. The number of amides is 1. The van der Waals surface area contributed by atoms with E-state index in [0.29, 0.717) is 5.75 Å². The maximum Gasteiger partial charge on any atom is 0.326 e. The number of carbonyl (C=O) groups is 2. The van der Waals surface area contributed by atoms with Gasteiger partial charge in [0.1, 0.15) is 12.1 Å². The summed E-state index contributed by atoms with van der Waals surface area (Å²) in [6.45, 7) is 0. The number of rotatable bonds is 9. The van der Waals surface area contributed by atoms with E-state index in [4.69, 9.17) is 9.47 Å². The molecule has 4 rings (SSSR count). The molecule has 0 saturated carbocycles. The molecule has 3 aromatic carbocycles. The molecular formula is C25H26N2O7S2. The fraction of sp³-hybridized carbons (Fsp3) is 0.280. The van der Waals surface area contributed by atoms with Gasteiger partial charge in [-0.1, -0.05) is 42.5 Å². The zero-order valence-electron chi connectivity index (χ0n) is 19.7. The number of nitrogens with one attached hydrogen (secondary N) is 1. The minimum atomic E-state index is -4.06. The summed E-state index contributed by atoms with van der Waals surface area (Å²) in [5, 5.41) is 14.3. The first kappa shape index (κ1) is 25.8. The van der Waals surface area contributed by atoms with Crippen LogP contribution in [0.1, 0.15) is 5.56 Å². The quantitative estimate of drug-likeness (QED) is 0.433. The summed E-state index contributed by atoms with van der Waals surface area (Å²) >= 11 is 1.28. The molecule has 11 heteroatoms. The number of hydrogen-bond acceptors (Lipinski definition) is 7. The molecule has 1 amide bonds. The van der Waals surface area contributed by atoms with Crippen molar-refractivity contribution >= 4 is 44.4 Å². The lowest BCUT2D eigenvalue weighted by atomic mass is 10.0. The number of benzene rings is 3. The van der Waals surface area contributed by atoms with Crippen LogP contribution in [0.4, 0.5) is 0 Å². The number of thioether (sulfide) groups is 1. The van der Waals surface area contributed by atoms with E-state index in [1.807, 2.05) is 42.5 Å².